The number of hydrogen-bond acceptors (Lipinski definition) is 3. The molecule has 0 atom stereocenters. The third-order valence-electron chi connectivity index (χ3n) is 4.85. The first-order valence-corrected chi connectivity index (χ1v) is 8.80. The Morgan fingerprint density at radius 1 is 0.962 bits per heavy atom. The summed E-state index contributed by atoms with van der Waals surface area (Å²) in [6.07, 6.45) is 6.89. The van der Waals surface area contributed by atoms with Crippen molar-refractivity contribution < 1.29 is 9.59 Å². The quantitative estimate of drug-likeness (QED) is 0.790. The molecule has 0 radical (unpaired) electrons. The second-order valence-corrected chi connectivity index (χ2v) is 6.59. The van der Waals surface area contributed by atoms with Crippen molar-refractivity contribution in [1.82, 2.24) is 14.5 Å². The van der Waals surface area contributed by atoms with Crippen LogP contribution in [0.3, 0.4) is 0 Å². The second kappa shape index (κ2) is 6.63. The van der Waals surface area contributed by atoms with Crippen LogP contribution in [0.15, 0.2) is 48.8 Å². The highest BCUT2D eigenvalue weighted by Crippen LogP contribution is 2.21. The molecule has 0 bridgehead atoms. The van der Waals surface area contributed by atoms with Gasteiger partial charge in [-0.25, -0.2) is 4.98 Å². The molecule has 1 saturated heterocycles. The molecule has 3 heterocycles. The molecule has 2 aromatic heterocycles. The maximum Gasteiger partial charge on any atom is 0.255 e. The van der Waals surface area contributed by atoms with E-state index in [0.717, 1.165) is 42.7 Å². The molecule has 3 aromatic rings. The van der Waals surface area contributed by atoms with Crippen molar-refractivity contribution >= 4 is 22.8 Å². The van der Waals surface area contributed by atoms with Crippen molar-refractivity contribution in [3.05, 3.63) is 59.9 Å². The van der Waals surface area contributed by atoms with Gasteiger partial charge in [0.2, 0.25) is 5.91 Å². The smallest absolute Gasteiger partial charge is 0.255 e. The minimum absolute atomic E-state index is 0.0534. The topological polar surface area (TPSA) is 81.2 Å². The van der Waals surface area contributed by atoms with Crippen molar-refractivity contribution in [2.75, 3.05) is 13.1 Å². The highest BCUT2D eigenvalue weighted by Gasteiger charge is 2.19. The molecule has 0 unspecified atom stereocenters. The molecule has 0 aliphatic carbocycles. The number of fused-ring (bicyclic) bond motifs is 1. The van der Waals surface area contributed by atoms with Gasteiger partial charge in [-0.2, -0.15) is 0 Å². The molecular weight excluding hydrogens is 328 g/mol. The first-order chi connectivity index (χ1) is 12.6. The summed E-state index contributed by atoms with van der Waals surface area (Å²) in [5.41, 5.74) is 8.03. The van der Waals surface area contributed by atoms with Gasteiger partial charge in [0.1, 0.15) is 5.65 Å². The van der Waals surface area contributed by atoms with E-state index in [0.29, 0.717) is 11.1 Å². The number of nitrogens with two attached hydrogens (primary N) is 1. The van der Waals surface area contributed by atoms with Crippen LogP contribution >= 0.6 is 0 Å². The summed E-state index contributed by atoms with van der Waals surface area (Å²) in [5.74, 6) is -0.398. The van der Waals surface area contributed by atoms with Gasteiger partial charge in [-0.3, -0.25) is 9.59 Å². The average Bonchev–Trinajstić information content (AvgIpc) is 3.11. The van der Waals surface area contributed by atoms with Crippen LogP contribution in [0.25, 0.3) is 16.7 Å². The van der Waals surface area contributed by atoms with Crippen molar-refractivity contribution in [2.24, 2.45) is 5.73 Å². The number of piperidine rings is 1. The van der Waals surface area contributed by atoms with Crippen LogP contribution in [-0.2, 0) is 0 Å². The Morgan fingerprint density at radius 3 is 2.38 bits per heavy atom. The van der Waals surface area contributed by atoms with E-state index in [-0.39, 0.29) is 5.91 Å². The van der Waals surface area contributed by atoms with Crippen LogP contribution < -0.4 is 5.73 Å². The molecule has 1 aliphatic rings. The number of carbonyl (C=O) groups excluding carboxylic acids is 2. The summed E-state index contributed by atoms with van der Waals surface area (Å²) in [4.78, 5) is 30.3. The van der Waals surface area contributed by atoms with Crippen LogP contribution in [0, 0.1) is 0 Å². The van der Waals surface area contributed by atoms with Gasteiger partial charge < -0.3 is 15.2 Å². The number of amides is 2. The van der Waals surface area contributed by atoms with E-state index in [1.807, 2.05) is 39.9 Å². The van der Waals surface area contributed by atoms with Crippen LogP contribution in [0.4, 0.5) is 0 Å². The molecule has 0 saturated carbocycles. The fourth-order valence-corrected chi connectivity index (χ4v) is 3.42. The number of aromatic nitrogens is 2. The molecule has 1 aliphatic heterocycles. The van der Waals surface area contributed by atoms with Gasteiger partial charge in [0.15, 0.2) is 0 Å². The van der Waals surface area contributed by atoms with Crippen molar-refractivity contribution in [2.45, 2.75) is 19.3 Å². The van der Waals surface area contributed by atoms with Crippen molar-refractivity contribution in [1.29, 1.82) is 0 Å². The average molecular weight is 348 g/mol. The molecule has 2 amide bonds. The van der Waals surface area contributed by atoms with Crippen LogP contribution in [0.5, 0.6) is 0 Å². The molecular formula is C20H20N4O2. The largest absolute Gasteiger partial charge is 0.366 e. The Morgan fingerprint density at radius 2 is 1.69 bits per heavy atom. The van der Waals surface area contributed by atoms with Crippen LogP contribution in [-0.4, -0.2) is 39.4 Å². The Labute approximate surface area is 151 Å². The maximum absolute atomic E-state index is 12.7. The van der Waals surface area contributed by atoms with Gasteiger partial charge in [0.25, 0.3) is 5.91 Å². The number of pyridine rings is 1. The predicted molar refractivity (Wildman–Crippen MR) is 99.3 cm³/mol. The zero-order valence-electron chi connectivity index (χ0n) is 14.4. The van der Waals surface area contributed by atoms with Gasteiger partial charge in [0.05, 0.1) is 5.56 Å². The Hall–Kier alpha value is -3.15. The number of nitrogens with zero attached hydrogens (tertiary/aromatic N) is 3. The first-order valence-electron chi connectivity index (χ1n) is 8.80. The lowest BCUT2D eigenvalue weighted by Crippen LogP contribution is -2.35. The van der Waals surface area contributed by atoms with Gasteiger partial charge in [-0.05, 0) is 55.7 Å². The number of primary amides is 1. The lowest BCUT2D eigenvalue weighted by atomic mass is 10.1. The number of rotatable bonds is 3. The van der Waals surface area contributed by atoms with E-state index in [4.69, 9.17) is 5.73 Å². The summed E-state index contributed by atoms with van der Waals surface area (Å²) in [7, 11) is 0. The Kier molecular flexibility index (Phi) is 4.16. The van der Waals surface area contributed by atoms with Gasteiger partial charge in [0, 0.05) is 42.1 Å². The minimum atomic E-state index is -0.451. The van der Waals surface area contributed by atoms with Crippen molar-refractivity contribution in [3.8, 4) is 5.69 Å². The molecule has 26 heavy (non-hydrogen) atoms. The zero-order chi connectivity index (χ0) is 18.1. The monoisotopic (exact) mass is 348 g/mol. The third-order valence-corrected chi connectivity index (χ3v) is 4.85. The summed E-state index contributed by atoms with van der Waals surface area (Å²) in [5, 5.41) is 0.909. The number of carbonyl (C=O) groups is 2. The summed E-state index contributed by atoms with van der Waals surface area (Å²) < 4.78 is 1.93. The number of hydrogen-bond donors (Lipinski definition) is 1. The molecule has 4 rings (SSSR count). The maximum atomic E-state index is 12.7. The van der Waals surface area contributed by atoms with E-state index >= 15 is 0 Å². The van der Waals surface area contributed by atoms with E-state index in [2.05, 4.69) is 4.98 Å². The molecule has 6 heteroatoms. The second-order valence-electron chi connectivity index (χ2n) is 6.59. The van der Waals surface area contributed by atoms with Gasteiger partial charge >= 0.3 is 0 Å². The first kappa shape index (κ1) is 16.3. The van der Waals surface area contributed by atoms with Crippen molar-refractivity contribution in [3.63, 3.8) is 0 Å². The predicted octanol–water partition coefficient (Wildman–Crippen LogP) is 2.75. The molecule has 132 valence electrons. The highest BCUT2D eigenvalue weighted by atomic mass is 16.2. The molecule has 1 aromatic carbocycles. The van der Waals surface area contributed by atoms with E-state index in [9.17, 15) is 9.59 Å². The van der Waals surface area contributed by atoms with Crippen LogP contribution in [0.2, 0.25) is 0 Å². The Bertz CT molecular complexity index is 969. The minimum Gasteiger partial charge on any atom is -0.366 e. The molecule has 1 fully saturated rings. The van der Waals surface area contributed by atoms with E-state index in [1.54, 1.807) is 18.3 Å². The standard InChI is InChI=1S/C20H20N4O2/c21-18(25)14-4-6-17(7-5-14)24-11-8-15-12-16(13-22-19(15)24)20(26)23-9-2-1-3-10-23/h4-8,11-13H,1-3,9-10H2,(H2,21,25). The summed E-state index contributed by atoms with van der Waals surface area (Å²) in [6.45, 7) is 1.65. The zero-order valence-corrected chi connectivity index (χ0v) is 14.4. The summed E-state index contributed by atoms with van der Waals surface area (Å²) >= 11 is 0. The SMILES string of the molecule is NC(=O)c1ccc(-n2ccc3cc(C(=O)N4CCCCC4)cnc32)cc1. The molecule has 0 spiro atoms. The molecule has 6 nitrogen and oxygen atoms in total. The summed E-state index contributed by atoms with van der Waals surface area (Å²) in [6, 6.07) is 10.9. The fourth-order valence-electron chi connectivity index (χ4n) is 3.42. The van der Waals surface area contributed by atoms with E-state index < -0.39 is 5.91 Å². The highest BCUT2D eigenvalue weighted by molar-refractivity contribution is 5.97. The molecule has 2 N–H and O–H groups in total. The van der Waals surface area contributed by atoms with Crippen LogP contribution in [0.1, 0.15) is 40.0 Å². The lowest BCUT2D eigenvalue weighted by molar-refractivity contribution is 0.0724. The van der Waals surface area contributed by atoms with Gasteiger partial charge in [-0.15, -0.1) is 0 Å². The number of likely N-dealkylation sites (tertiary alicyclic amines) is 1. The van der Waals surface area contributed by atoms with Gasteiger partial charge in [-0.1, -0.05) is 0 Å². The number of benzene rings is 1. The lowest BCUT2D eigenvalue weighted by Gasteiger charge is -2.26. The van der Waals surface area contributed by atoms with E-state index in [1.165, 1.54) is 6.42 Å². The fraction of sp³-hybridized carbons (Fsp3) is 0.250. The normalized spacial score (nSPS) is 14.5. The Balaban J connectivity index is 1.65. The third kappa shape index (κ3) is 2.94.